The van der Waals surface area contributed by atoms with Crippen LogP contribution in [0.1, 0.15) is 32.6 Å². The van der Waals surface area contributed by atoms with Crippen molar-refractivity contribution in [2.45, 2.75) is 39.2 Å². The van der Waals surface area contributed by atoms with E-state index in [1.54, 1.807) is 15.2 Å². The highest BCUT2D eigenvalue weighted by molar-refractivity contribution is 6.32. The first-order valence-electron chi connectivity index (χ1n) is 9.04. The van der Waals surface area contributed by atoms with Gasteiger partial charge in [0.2, 0.25) is 5.65 Å². The van der Waals surface area contributed by atoms with E-state index in [2.05, 4.69) is 17.1 Å². The lowest BCUT2D eigenvalue weighted by Crippen LogP contribution is -2.21. The second-order valence-corrected chi connectivity index (χ2v) is 7.17. The van der Waals surface area contributed by atoms with Crippen molar-refractivity contribution in [2.75, 3.05) is 6.61 Å². The number of hydrogen-bond donors (Lipinski definition) is 0. The second-order valence-electron chi connectivity index (χ2n) is 6.77. The number of unbranched alkanes of at least 4 members (excludes halogenated alkanes) is 1. The van der Waals surface area contributed by atoms with E-state index in [-0.39, 0.29) is 5.56 Å². The Bertz CT molecular complexity index is 991. The van der Waals surface area contributed by atoms with E-state index in [0.29, 0.717) is 41.3 Å². The maximum Gasteiger partial charge on any atom is 0.296 e. The van der Waals surface area contributed by atoms with E-state index in [9.17, 15) is 4.79 Å². The summed E-state index contributed by atoms with van der Waals surface area (Å²) in [5.74, 6) is 1.94. The number of nitrogens with zero attached hydrogens (tertiary/aromatic N) is 4. The molecule has 2 heterocycles. The number of aryl methyl sites for hydroxylation is 1. The van der Waals surface area contributed by atoms with Gasteiger partial charge in [-0.15, -0.1) is 10.2 Å². The topological polar surface area (TPSA) is 61.4 Å². The van der Waals surface area contributed by atoms with E-state index in [1.807, 2.05) is 24.4 Å². The van der Waals surface area contributed by atoms with Crippen molar-refractivity contribution >= 4 is 17.2 Å². The van der Waals surface area contributed by atoms with Crippen LogP contribution in [0.15, 0.2) is 35.4 Å². The summed E-state index contributed by atoms with van der Waals surface area (Å²) in [7, 11) is 0. The van der Waals surface area contributed by atoms with E-state index in [1.165, 1.54) is 12.8 Å². The summed E-state index contributed by atoms with van der Waals surface area (Å²) in [5, 5.41) is 8.83. The molecule has 1 aliphatic rings. The number of aromatic nitrogens is 4. The number of hydrogen-bond acceptors (Lipinski definition) is 4. The minimum Gasteiger partial charge on any atom is -0.492 e. The number of benzene rings is 1. The van der Waals surface area contributed by atoms with Crippen molar-refractivity contribution in [3.05, 3.63) is 46.0 Å². The molecule has 0 spiro atoms. The van der Waals surface area contributed by atoms with Crippen molar-refractivity contribution in [2.24, 2.45) is 5.92 Å². The lowest BCUT2D eigenvalue weighted by molar-refractivity contribution is 0.300. The highest BCUT2D eigenvalue weighted by Gasteiger charge is 2.22. The molecular weight excluding hydrogens is 352 g/mol. The summed E-state index contributed by atoms with van der Waals surface area (Å²) >= 11 is 6.37. The summed E-state index contributed by atoms with van der Waals surface area (Å²) in [6.07, 6.45) is 8.06. The molecule has 136 valence electrons. The Morgan fingerprint density at radius 1 is 1.27 bits per heavy atom. The third-order valence-corrected chi connectivity index (χ3v) is 4.95. The van der Waals surface area contributed by atoms with Gasteiger partial charge in [-0.25, -0.2) is 0 Å². The summed E-state index contributed by atoms with van der Waals surface area (Å²) in [5.41, 5.74) is 0.992. The smallest absolute Gasteiger partial charge is 0.296 e. The average molecular weight is 373 g/mol. The Hall–Kier alpha value is -2.34. The van der Waals surface area contributed by atoms with Gasteiger partial charge in [0.1, 0.15) is 5.75 Å². The largest absolute Gasteiger partial charge is 0.492 e. The van der Waals surface area contributed by atoms with E-state index in [4.69, 9.17) is 16.3 Å². The lowest BCUT2D eigenvalue weighted by Gasteiger charge is -2.09. The van der Waals surface area contributed by atoms with Gasteiger partial charge in [-0.3, -0.25) is 9.20 Å². The first-order valence-corrected chi connectivity index (χ1v) is 9.42. The van der Waals surface area contributed by atoms with Crippen LogP contribution in [-0.4, -0.2) is 25.8 Å². The highest BCUT2D eigenvalue weighted by atomic mass is 35.5. The van der Waals surface area contributed by atoms with Crippen LogP contribution in [0.2, 0.25) is 5.02 Å². The van der Waals surface area contributed by atoms with Crippen LogP contribution in [-0.2, 0) is 6.54 Å². The first-order chi connectivity index (χ1) is 12.7. The quantitative estimate of drug-likeness (QED) is 0.632. The van der Waals surface area contributed by atoms with E-state index in [0.717, 1.165) is 18.4 Å². The van der Waals surface area contributed by atoms with Crippen LogP contribution in [0.3, 0.4) is 0 Å². The molecule has 2 aromatic heterocycles. The number of halogens is 1. The third kappa shape index (κ3) is 3.33. The van der Waals surface area contributed by atoms with Crippen molar-refractivity contribution in [1.82, 2.24) is 19.2 Å². The molecule has 0 unspecified atom stereocenters. The first kappa shape index (κ1) is 17.1. The molecular formula is C19H21ClN4O2. The van der Waals surface area contributed by atoms with Gasteiger partial charge in [0.15, 0.2) is 5.82 Å². The lowest BCUT2D eigenvalue weighted by atomic mass is 10.2. The van der Waals surface area contributed by atoms with Gasteiger partial charge in [0, 0.05) is 24.5 Å². The highest BCUT2D eigenvalue weighted by Crippen LogP contribution is 2.33. The van der Waals surface area contributed by atoms with Crippen LogP contribution in [0.25, 0.3) is 17.0 Å². The normalized spacial score (nSPS) is 14.1. The van der Waals surface area contributed by atoms with E-state index < -0.39 is 0 Å². The third-order valence-electron chi connectivity index (χ3n) is 4.66. The zero-order chi connectivity index (χ0) is 18.1. The maximum absolute atomic E-state index is 12.5. The Morgan fingerprint density at radius 3 is 2.85 bits per heavy atom. The molecule has 0 saturated heterocycles. The van der Waals surface area contributed by atoms with Crippen LogP contribution in [0, 0.1) is 5.92 Å². The molecule has 1 saturated carbocycles. The average Bonchev–Trinajstić information content (AvgIpc) is 3.37. The number of ether oxygens (including phenoxy) is 1. The molecule has 0 atom stereocenters. The van der Waals surface area contributed by atoms with Gasteiger partial charge >= 0.3 is 0 Å². The van der Waals surface area contributed by atoms with Crippen LogP contribution in [0.5, 0.6) is 5.75 Å². The number of fused-ring (bicyclic) bond motifs is 1. The monoisotopic (exact) mass is 372 g/mol. The van der Waals surface area contributed by atoms with E-state index >= 15 is 0 Å². The molecule has 1 fully saturated rings. The Labute approximate surface area is 156 Å². The SMILES string of the molecule is CCCCn1ccn2c(-c3ccc(OCC4CC4)c(Cl)c3)nnc2c1=O. The number of rotatable bonds is 7. The molecule has 0 aliphatic heterocycles. The molecule has 0 bridgehead atoms. The molecule has 1 aromatic carbocycles. The zero-order valence-corrected chi connectivity index (χ0v) is 15.4. The summed E-state index contributed by atoms with van der Waals surface area (Å²) in [6.45, 7) is 3.50. The second kappa shape index (κ2) is 7.11. The Morgan fingerprint density at radius 2 is 2.12 bits per heavy atom. The molecule has 3 aromatic rings. The summed E-state index contributed by atoms with van der Waals surface area (Å²) in [6, 6.07) is 5.56. The molecule has 4 rings (SSSR count). The summed E-state index contributed by atoms with van der Waals surface area (Å²) in [4.78, 5) is 12.5. The zero-order valence-electron chi connectivity index (χ0n) is 14.7. The fraction of sp³-hybridized carbons (Fsp3) is 0.421. The molecule has 0 amide bonds. The fourth-order valence-corrected chi connectivity index (χ4v) is 3.11. The van der Waals surface area contributed by atoms with Crippen LogP contribution in [0.4, 0.5) is 0 Å². The molecule has 26 heavy (non-hydrogen) atoms. The Kier molecular flexibility index (Phi) is 4.68. The maximum atomic E-state index is 12.5. The summed E-state index contributed by atoms with van der Waals surface area (Å²) < 4.78 is 9.15. The van der Waals surface area contributed by atoms with Gasteiger partial charge in [0.25, 0.3) is 5.56 Å². The van der Waals surface area contributed by atoms with Crippen molar-refractivity contribution in [1.29, 1.82) is 0 Å². The standard InChI is InChI=1S/C19H21ClN4O2/c1-2-3-8-23-9-10-24-17(21-22-18(24)19(23)25)14-6-7-16(15(20)11-14)26-12-13-4-5-13/h6-7,9-11,13H,2-5,8,12H2,1H3. The fourth-order valence-electron chi connectivity index (χ4n) is 2.87. The molecule has 6 nitrogen and oxygen atoms in total. The van der Waals surface area contributed by atoms with Crippen molar-refractivity contribution in [3.63, 3.8) is 0 Å². The van der Waals surface area contributed by atoms with Crippen LogP contribution < -0.4 is 10.3 Å². The van der Waals surface area contributed by atoms with Crippen LogP contribution >= 0.6 is 11.6 Å². The molecule has 1 aliphatic carbocycles. The minimum atomic E-state index is -0.129. The van der Waals surface area contributed by atoms with Gasteiger partial charge in [-0.05, 0) is 43.4 Å². The predicted molar refractivity (Wildman–Crippen MR) is 101 cm³/mol. The van der Waals surface area contributed by atoms with Gasteiger partial charge in [0.05, 0.1) is 11.6 Å². The minimum absolute atomic E-state index is 0.129. The molecule has 7 heteroatoms. The van der Waals surface area contributed by atoms with Crippen molar-refractivity contribution < 1.29 is 4.74 Å². The van der Waals surface area contributed by atoms with Gasteiger partial charge < -0.3 is 9.30 Å². The molecule has 0 N–H and O–H groups in total. The van der Waals surface area contributed by atoms with Gasteiger partial charge in [-0.2, -0.15) is 0 Å². The van der Waals surface area contributed by atoms with Gasteiger partial charge in [-0.1, -0.05) is 24.9 Å². The van der Waals surface area contributed by atoms with Crippen molar-refractivity contribution in [3.8, 4) is 17.1 Å². The Balaban J connectivity index is 1.64. The molecule has 0 radical (unpaired) electrons. The predicted octanol–water partition coefficient (Wildman–Crippen LogP) is 3.80.